The predicted molar refractivity (Wildman–Crippen MR) is 82.8 cm³/mol. The summed E-state index contributed by atoms with van der Waals surface area (Å²) in [6.07, 6.45) is 2.91. The molecule has 2 aromatic rings. The lowest BCUT2D eigenvalue weighted by Crippen LogP contribution is -2.52. The van der Waals surface area contributed by atoms with Gasteiger partial charge in [-0.3, -0.25) is 4.98 Å². The maximum absolute atomic E-state index is 6.03. The second-order valence-corrected chi connectivity index (χ2v) is 6.06. The van der Waals surface area contributed by atoms with Gasteiger partial charge in [0.05, 0.1) is 18.7 Å². The molecular weight excluding hydrogens is 264 g/mol. The number of hydrogen-bond acceptors (Lipinski definition) is 4. The maximum Gasteiger partial charge on any atom is 0.111 e. The Balaban J connectivity index is 1.74. The van der Waals surface area contributed by atoms with Crippen molar-refractivity contribution in [1.82, 2.24) is 4.98 Å². The quantitative estimate of drug-likeness (QED) is 0.806. The highest BCUT2D eigenvalue weighted by atomic mass is 16.6. The standard InChI is InChI=1S/C17H20N2O2/c1-13-3-2-4-14-15(5-7-18-16(13)14)19-8-10-21-17(11-19)6-9-20-12-17/h2-5,7H,6,8-12H2,1H3. The van der Waals surface area contributed by atoms with Gasteiger partial charge >= 0.3 is 0 Å². The largest absolute Gasteiger partial charge is 0.378 e. The molecule has 2 saturated heterocycles. The summed E-state index contributed by atoms with van der Waals surface area (Å²) in [5.41, 5.74) is 3.47. The number of ether oxygens (including phenoxy) is 2. The fourth-order valence-corrected chi connectivity index (χ4v) is 3.46. The van der Waals surface area contributed by atoms with Crippen LogP contribution in [0.1, 0.15) is 12.0 Å². The van der Waals surface area contributed by atoms with Crippen molar-refractivity contribution in [2.24, 2.45) is 0 Å². The summed E-state index contributed by atoms with van der Waals surface area (Å²) in [7, 11) is 0. The van der Waals surface area contributed by atoms with Gasteiger partial charge in [0.15, 0.2) is 0 Å². The molecule has 0 aliphatic carbocycles. The van der Waals surface area contributed by atoms with E-state index in [4.69, 9.17) is 9.47 Å². The molecule has 4 heteroatoms. The van der Waals surface area contributed by atoms with E-state index in [0.717, 1.165) is 38.2 Å². The zero-order valence-electron chi connectivity index (χ0n) is 12.3. The molecule has 1 atom stereocenters. The lowest BCUT2D eigenvalue weighted by Gasteiger charge is -2.41. The summed E-state index contributed by atoms with van der Waals surface area (Å²) < 4.78 is 11.6. The van der Waals surface area contributed by atoms with E-state index in [-0.39, 0.29) is 5.60 Å². The molecule has 0 N–H and O–H groups in total. The Morgan fingerprint density at radius 3 is 3.05 bits per heavy atom. The van der Waals surface area contributed by atoms with Gasteiger partial charge < -0.3 is 14.4 Å². The average Bonchev–Trinajstić information content (AvgIpc) is 2.95. The first-order chi connectivity index (χ1) is 10.3. The topological polar surface area (TPSA) is 34.6 Å². The first-order valence-corrected chi connectivity index (χ1v) is 7.58. The second-order valence-electron chi connectivity index (χ2n) is 6.06. The Morgan fingerprint density at radius 1 is 1.24 bits per heavy atom. The van der Waals surface area contributed by atoms with Crippen LogP contribution in [-0.2, 0) is 9.47 Å². The van der Waals surface area contributed by atoms with E-state index in [1.807, 2.05) is 6.20 Å². The molecule has 4 rings (SSSR count). The van der Waals surface area contributed by atoms with Gasteiger partial charge in [0.1, 0.15) is 5.60 Å². The maximum atomic E-state index is 6.03. The molecule has 21 heavy (non-hydrogen) atoms. The van der Waals surface area contributed by atoms with E-state index in [1.54, 1.807) is 0 Å². The summed E-state index contributed by atoms with van der Waals surface area (Å²) in [5, 5.41) is 1.23. The third-order valence-electron chi connectivity index (χ3n) is 4.61. The molecule has 0 bridgehead atoms. The molecular formula is C17H20N2O2. The molecule has 3 heterocycles. The molecule has 0 amide bonds. The van der Waals surface area contributed by atoms with Crippen LogP contribution >= 0.6 is 0 Å². The fraction of sp³-hybridized carbons (Fsp3) is 0.471. The van der Waals surface area contributed by atoms with Gasteiger partial charge in [0, 0.05) is 43.4 Å². The number of benzene rings is 1. The van der Waals surface area contributed by atoms with E-state index in [0.29, 0.717) is 6.61 Å². The number of rotatable bonds is 1. The molecule has 2 aliphatic heterocycles. The van der Waals surface area contributed by atoms with Crippen LogP contribution in [0.4, 0.5) is 5.69 Å². The van der Waals surface area contributed by atoms with Crippen LogP contribution in [0, 0.1) is 6.92 Å². The minimum absolute atomic E-state index is 0.113. The van der Waals surface area contributed by atoms with Gasteiger partial charge in [-0.15, -0.1) is 0 Å². The van der Waals surface area contributed by atoms with Crippen LogP contribution in [0.15, 0.2) is 30.5 Å². The lowest BCUT2D eigenvalue weighted by molar-refractivity contribution is -0.0578. The van der Waals surface area contributed by atoms with E-state index < -0.39 is 0 Å². The summed E-state index contributed by atoms with van der Waals surface area (Å²) in [6, 6.07) is 8.51. The van der Waals surface area contributed by atoms with Crippen molar-refractivity contribution >= 4 is 16.6 Å². The van der Waals surface area contributed by atoms with E-state index in [2.05, 4.69) is 41.1 Å². The number of aromatic nitrogens is 1. The third kappa shape index (κ3) is 2.19. The molecule has 1 spiro atoms. The zero-order valence-corrected chi connectivity index (χ0v) is 12.3. The van der Waals surface area contributed by atoms with Crippen LogP contribution in [-0.4, -0.2) is 43.5 Å². The Kier molecular flexibility index (Phi) is 3.08. The van der Waals surface area contributed by atoms with Crippen LogP contribution in [0.2, 0.25) is 0 Å². The van der Waals surface area contributed by atoms with Crippen molar-refractivity contribution < 1.29 is 9.47 Å². The van der Waals surface area contributed by atoms with Crippen molar-refractivity contribution in [2.45, 2.75) is 18.9 Å². The highest BCUT2D eigenvalue weighted by Crippen LogP contribution is 2.33. The van der Waals surface area contributed by atoms with Crippen molar-refractivity contribution in [3.8, 4) is 0 Å². The smallest absolute Gasteiger partial charge is 0.111 e. The van der Waals surface area contributed by atoms with E-state index in [9.17, 15) is 0 Å². The summed E-state index contributed by atoms with van der Waals surface area (Å²) in [5.74, 6) is 0. The van der Waals surface area contributed by atoms with Crippen molar-refractivity contribution in [3.63, 3.8) is 0 Å². The normalized spacial score (nSPS) is 25.9. The number of pyridine rings is 1. The van der Waals surface area contributed by atoms with Gasteiger partial charge in [-0.05, 0) is 18.6 Å². The third-order valence-corrected chi connectivity index (χ3v) is 4.61. The summed E-state index contributed by atoms with van der Waals surface area (Å²) in [4.78, 5) is 6.97. The number of aryl methyl sites for hydroxylation is 1. The van der Waals surface area contributed by atoms with Crippen LogP contribution in [0.25, 0.3) is 10.9 Å². The highest BCUT2D eigenvalue weighted by molar-refractivity contribution is 5.93. The Hall–Kier alpha value is -1.65. The monoisotopic (exact) mass is 284 g/mol. The molecule has 0 radical (unpaired) electrons. The van der Waals surface area contributed by atoms with Gasteiger partial charge in [-0.25, -0.2) is 0 Å². The molecule has 4 nitrogen and oxygen atoms in total. The van der Waals surface area contributed by atoms with Crippen molar-refractivity contribution in [3.05, 3.63) is 36.0 Å². The Bertz CT molecular complexity index is 665. The molecule has 2 fully saturated rings. The number of morpholine rings is 1. The second kappa shape index (κ2) is 4.97. The molecule has 1 aromatic heterocycles. The van der Waals surface area contributed by atoms with Crippen molar-refractivity contribution in [2.75, 3.05) is 37.8 Å². The fourth-order valence-electron chi connectivity index (χ4n) is 3.46. The number of fused-ring (bicyclic) bond motifs is 1. The minimum Gasteiger partial charge on any atom is -0.378 e. The van der Waals surface area contributed by atoms with Gasteiger partial charge in [0.25, 0.3) is 0 Å². The van der Waals surface area contributed by atoms with Gasteiger partial charge in [0.2, 0.25) is 0 Å². The molecule has 0 saturated carbocycles. The van der Waals surface area contributed by atoms with Gasteiger partial charge in [-0.2, -0.15) is 0 Å². The molecule has 2 aliphatic rings. The number of nitrogens with zero attached hydrogens (tertiary/aromatic N) is 2. The van der Waals surface area contributed by atoms with Crippen LogP contribution < -0.4 is 4.90 Å². The predicted octanol–water partition coefficient (Wildman–Crippen LogP) is 2.54. The van der Waals surface area contributed by atoms with Crippen molar-refractivity contribution in [1.29, 1.82) is 0 Å². The first-order valence-electron chi connectivity index (χ1n) is 7.58. The molecule has 110 valence electrons. The lowest BCUT2D eigenvalue weighted by atomic mass is 9.99. The Labute approximate surface area is 124 Å². The number of para-hydroxylation sites is 1. The molecule has 1 unspecified atom stereocenters. The van der Waals surface area contributed by atoms with E-state index >= 15 is 0 Å². The van der Waals surface area contributed by atoms with Crippen LogP contribution in [0.3, 0.4) is 0 Å². The SMILES string of the molecule is Cc1cccc2c(N3CCOC4(CCOC4)C3)ccnc12. The zero-order chi connectivity index (χ0) is 14.3. The minimum atomic E-state index is -0.113. The number of anilines is 1. The van der Waals surface area contributed by atoms with Crippen LogP contribution in [0.5, 0.6) is 0 Å². The highest BCUT2D eigenvalue weighted by Gasteiger charge is 2.40. The molecule has 1 aromatic carbocycles. The van der Waals surface area contributed by atoms with Gasteiger partial charge in [-0.1, -0.05) is 18.2 Å². The first kappa shape index (κ1) is 13.0. The number of hydrogen-bond donors (Lipinski definition) is 0. The average molecular weight is 284 g/mol. The summed E-state index contributed by atoms with van der Waals surface area (Å²) in [6.45, 7) is 6.23. The summed E-state index contributed by atoms with van der Waals surface area (Å²) >= 11 is 0. The van der Waals surface area contributed by atoms with E-state index in [1.165, 1.54) is 16.6 Å². The Morgan fingerprint density at radius 2 is 2.19 bits per heavy atom.